The number of aldehydes is 1. The topological polar surface area (TPSA) is 167 Å². The molecule has 0 N–H and O–H groups in total. The summed E-state index contributed by atoms with van der Waals surface area (Å²) < 4.78 is 38.2. The van der Waals surface area contributed by atoms with Crippen LogP contribution in [0.4, 0.5) is 0 Å². The second-order valence-corrected chi connectivity index (χ2v) is 9.12. The van der Waals surface area contributed by atoms with E-state index in [1.807, 2.05) is 6.07 Å². The van der Waals surface area contributed by atoms with Gasteiger partial charge in [0.15, 0.2) is 18.5 Å². The van der Waals surface area contributed by atoms with Crippen molar-refractivity contribution in [3.63, 3.8) is 0 Å². The highest BCUT2D eigenvalue weighted by Crippen LogP contribution is 2.32. The molecule has 1 aliphatic rings. The lowest BCUT2D eigenvalue weighted by atomic mass is 9.98. The molecule has 1 aliphatic heterocycles. The predicted molar refractivity (Wildman–Crippen MR) is 140 cm³/mol. The van der Waals surface area contributed by atoms with E-state index in [4.69, 9.17) is 33.2 Å². The normalized spacial score (nSPS) is 21.3. The summed E-state index contributed by atoms with van der Waals surface area (Å²) in [6, 6.07) is 12.9. The van der Waals surface area contributed by atoms with E-state index in [2.05, 4.69) is 0 Å². The Balaban J connectivity index is 1.92. The fourth-order valence-corrected chi connectivity index (χ4v) is 4.09. The zero-order valence-corrected chi connectivity index (χ0v) is 23.3. The van der Waals surface area contributed by atoms with Gasteiger partial charge in [0, 0.05) is 27.7 Å². The van der Waals surface area contributed by atoms with Gasteiger partial charge in [-0.15, -0.1) is 0 Å². The highest BCUT2D eigenvalue weighted by molar-refractivity contribution is 5.92. The minimum atomic E-state index is -1.56. The number of hydrogen-bond donors (Lipinski definition) is 0. The van der Waals surface area contributed by atoms with E-state index in [9.17, 15) is 28.8 Å². The number of carbonyl (C=O) groups excluding carboxylic acids is 6. The van der Waals surface area contributed by atoms with E-state index in [1.54, 1.807) is 24.3 Å². The molecule has 0 saturated carbocycles. The predicted octanol–water partition coefficient (Wildman–Crippen LogP) is 2.32. The van der Waals surface area contributed by atoms with Crippen molar-refractivity contribution in [1.29, 1.82) is 0 Å². The quantitative estimate of drug-likeness (QED) is 0.214. The van der Waals surface area contributed by atoms with Crippen molar-refractivity contribution in [2.24, 2.45) is 0 Å². The van der Waals surface area contributed by atoms with Crippen molar-refractivity contribution in [2.75, 3.05) is 6.61 Å². The Labute approximate surface area is 240 Å². The summed E-state index contributed by atoms with van der Waals surface area (Å²) in [4.78, 5) is 72.0. The van der Waals surface area contributed by atoms with Crippen molar-refractivity contribution in [3.05, 3.63) is 65.2 Å². The highest BCUT2D eigenvalue weighted by atomic mass is 16.7. The molecule has 0 spiro atoms. The molecule has 13 heteroatoms. The maximum atomic E-state index is 12.6. The molecule has 1 heterocycles. The first-order valence-electron chi connectivity index (χ1n) is 12.8. The smallest absolute Gasteiger partial charge is 0.338 e. The zero-order chi connectivity index (χ0) is 30.8. The minimum absolute atomic E-state index is 0.0130. The monoisotopic (exact) mass is 586 g/mol. The lowest BCUT2D eigenvalue weighted by Gasteiger charge is -2.44. The minimum Gasteiger partial charge on any atom is -0.463 e. The largest absolute Gasteiger partial charge is 0.463 e. The molecule has 0 unspecified atom stereocenters. The Morgan fingerprint density at radius 2 is 1.38 bits per heavy atom. The van der Waals surface area contributed by atoms with Crippen LogP contribution in [-0.4, -0.2) is 73.4 Å². The summed E-state index contributed by atoms with van der Waals surface area (Å²) in [5.41, 5.74) is 0.740. The summed E-state index contributed by atoms with van der Waals surface area (Å²) in [6.07, 6.45) is -6.71. The SMILES string of the molecule is CC(=O)OC[C@H]1O[C@@H](Oc2ccc(C(=O)OCc3ccccc3)cc2C=O)[C@H](OC(C)=O)[C@@H](OC(C)=O)[C@H]1OC(C)=O. The van der Waals surface area contributed by atoms with Gasteiger partial charge in [0.1, 0.15) is 25.1 Å². The third kappa shape index (κ3) is 8.86. The van der Waals surface area contributed by atoms with E-state index in [0.717, 1.165) is 33.3 Å². The van der Waals surface area contributed by atoms with Crippen LogP contribution in [0, 0.1) is 0 Å². The summed E-state index contributed by atoms with van der Waals surface area (Å²) in [5, 5.41) is 0. The molecular formula is C29H30O13. The summed E-state index contributed by atoms with van der Waals surface area (Å²) in [7, 11) is 0. The number of rotatable bonds is 11. The molecule has 3 rings (SSSR count). The lowest BCUT2D eigenvalue weighted by Crippen LogP contribution is -2.63. The van der Waals surface area contributed by atoms with Crippen LogP contribution in [0.15, 0.2) is 48.5 Å². The van der Waals surface area contributed by atoms with Crippen molar-refractivity contribution in [2.45, 2.75) is 65.0 Å². The van der Waals surface area contributed by atoms with Gasteiger partial charge in [-0.05, 0) is 23.8 Å². The number of carbonyl (C=O) groups is 6. The first kappa shape index (κ1) is 31.7. The molecule has 1 fully saturated rings. The van der Waals surface area contributed by atoms with E-state index in [-0.39, 0.29) is 23.5 Å². The van der Waals surface area contributed by atoms with Gasteiger partial charge < -0.3 is 33.2 Å². The molecule has 224 valence electrons. The van der Waals surface area contributed by atoms with Crippen LogP contribution in [0.25, 0.3) is 0 Å². The molecule has 1 saturated heterocycles. The van der Waals surface area contributed by atoms with Crippen LogP contribution in [0.5, 0.6) is 5.75 Å². The first-order valence-corrected chi connectivity index (χ1v) is 12.8. The maximum absolute atomic E-state index is 12.6. The van der Waals surface area contributed by atoms with Crippen LogP contribution < -0.4 is 4.74 Å². The van der Waals surface area contributed by atoms with Crippen molar-refractivity contribution < 1.29 is 61.9 Å². The number of benzene rings is 2. The van der Waals surface area contributed by atoms with Gasteiger partial charge in [-0.1, -0.05) is 30.3 Å². The summed E-state index contributed by atoms with van der Waals surface area (Å²) in [5.74, 6) is -3.88. The van der Waals surface area contributed by atoms with Crippen LogP contribution in [0.1, 0.15) is 54.0 Å². The van der Waals surface area contributed by atoms with Gasteiger partial charge in [0.2, 0.25) is 12.4 Å². The molecule has 0 radical (unpaired) electrons. The molecule has 5 atom stereocenters. The zero-order valence-electron chi connectivity index (χ0n) is 23.3. The van der Waals surface area contributed by atoms with Gasteiger partial charge >= 0.3 is 29.8 Å². The van der Waals surface area contributed by atoms with Crippen LogP contribution in [0.2, 0.25) is 0 Å². The third-order valence-corrected chi connectivity index (χ3v) is 5.78. The van der Waals surface area contributed by atoms with Crippen molar-refractivity contribution >= 4 is 36.1 Å². The molecule has 0 bridgehead atoms. The molecule has 0 amide bonds. The Bertz CT molecular complexity index is 1310. The standard InChI is InChI=1S/C29H30O13/c1-16(31)36-15-24-25(38-17(2)32)26(39-18(3)33)27(40-19(4)34)29(42-24)41-23-11-10-21(12-22(23)13-30)28(35)37-14-20-8-6-5-7-9-20/h5-13,24-27,29H,14-15H2,1-4H3/t24-,25+,26+,27-,29-/m1/s1. The average Bonchev–Trinajstić information content (AvgIpc) is 2.93. The molecular weight excluding hydrogens is 556 g/mol. The van der Waals surface area contributed by atoms with Gasteiger partial charge in [0.05, 0.1) is 11.1 Å². The molecule has 42 heavy (non-hydrogen) atoms. The van der Waals surface area contributed by atoms with E-state index in [0.29, 0.717) is 6.29 Å². The molecule has 0 aromatic heterocycles. The van der Waals surface area contributed by atoms with Gasteiger partial charge in [0.25, 0.3) is 0 Å². The van der Waals surface area contributed by atoms with Crippen molar-refractivity contribution in [1.82, 2.24) is 0 Å². The molecule has 2 aromatic carbocycles. The van der Waals surface area contributed by atoms with Crippen LogP contribution in [0.3, 0.4) is 0 Å². The van der Waals surface area contributed by atoms with E-state index >= 15 is 0 Å². The fraction of sp³-hybridized carbons (Fsp3) is 0.379. The van der Waals surface area contributed by atoms with Crippen molar-refractivity contribution in [3.8, 4) is 5.75 Å². The number of esters is 5. The summed E-state index contributed by atoms with van der Waals surface area (Å²) >= 11 is 0. The molecule has 13 nitrogen and oxygen atoms in total. The van der Waals surface area contributed by atoms with Crippen LogP contribution in [-0.2, 0) is 54.2 Å². The Morgan fingerprint density at radius 1 is 0.762 bits per heavy atom. The first-order chi connectivity index (χ1) is 20.0. The Hall–Kier alpha value is -4.78. The molecule has 0 aliphatic carbocycles. The van der Waals surface area contributed by atoms with Crippen LogP contribution >= 0.6 is 0 Å². The highest BCUT2D eigenvalue weighted by Gasteiger charge is 2.53. The van der Waals surface area contributed by atoms with Gasteiger partial charge in [-0.2, -0.15) is 0 Å². The fourth-order valence-electron chi connectivity index (χ4n) is 4.09. The number of hydrogen-bond acceptors (Lipinski definition) is 13. The second kappa shape index (κ2) is 14.7. The van der Waals surface area contributed by atoms with Gasteiger partial charge in [-0.25, -0.2) is 4.79 Å². The average molecular weight is 587 g/mol. The maximum Gasteiger partial charge on any atom is 0.338 e. The third-order valence-electron chi connectivity index (χ3n) is 5.78. The van der Waals surface area contributed by atoms with E-state index < -0.39 is 67.2 Å². The van der Waals surface area contributed by atoms with Gasteiger partial charge in [-0.3, -0.25) is 24.0 Å². The summed E-state index contributed by atoms with van der Waals surface area (Å²) in [6.45, 7) is 3.97. The number of ether oxygens (including phenoxy) is 7. The Morgan fingerprint density at radius 3 is 1.98 bits per heavy atom. The molecule has 2 aromatic rings. The van der Waals surface area contributed by atoms with E-state index in [1.165, 1.54) is 18.2 Å². The Kier molecular flexibility index (Phi) is 11.1. The lowest BCUT2D eigenvalue weighted by molar-refractivity contribution is -0.288. The second-order valence-electron chi connectivity index (χ2n) is 9.12.